The second-order valence-electron chi connectivity index (χ2n) is 1.13. The van der Waals surface area contributed by atoms with Crippen molar-refractivity contribution in [2.45, 2.75) is 0 Å². The van der Waals surface area contributed by atoms with E-state index in [-0.39, 0.29) is 52.6 Å². The number of hydrogen-bond acceptors (Lipinski definition) is 12. The van der Waals surface area contributed by atoms with Crippen molar-refractivity contribution < 1.29 is 131 Å². The van der Waals surface area contributed by atoms with Crippen molar-refractivity contribution in [3.05, 3.63) is 0 Å². The van der Waals surface area contributed by atoms with Crippen molar-refractivity contribution in [3.63, 3.8) is 0 Å². The summed E-state index contributed by atoms with van der Waals surface area (Å²) in [6.45, 7) is 0. The molecule has 0 aromatic rings. The quantitative estimate of drug-likeness (QED) is 0.180. The topological polar surface area (TPSA) is 277 Å². The Morgan fingerprint density at radius 2 is 0.353 bits per heavy atom. The molecular weight excluding hydrogens is 620 g/mol. The Bertz CT molecular complexity index is 96.8. The van der Waals surface area contributed by atoms with Crippen molar-refractivity contribution in [3.8, 4) is 0 Å². The minimum absolute atomic E-state index is 0. The average Bonchev–Trinajstić information content (AvgIpc) is 1.41. The van der Waals surface area contributed by atoms with E-state index in [0.717, 1.165) is 0 Å². The van der Waals surface area contributed by atoms with Gasteiger partial charge in [-0.2, -0.15) is 0 Å². The molecule has 0 radical (unpaired) electrons. The number of halogens is 3. The second kappa shape index (κ2) is 14.4. The summed E-state index contributed by atoms with van der Waals surface area (Å²) < 4.78 is 103. The minimum Gasteiger partial charge on any atom is -0.286 e. The molecule has 0 atom stereocenters. The molecule has 0 N–H and O–H groups in total. The van der Waals surface area contributed by atoms with Crippen molar-refractivity contribution in [1.29, 1.82) is 0 Å². The fourth-order valence-corrected chi connectivity index (χ4v) is 0. The molecule has 17 heteroatoms. The van der Waals surface area contributed by atoms with Gasteiger partial charge in [-0.25, -0.2) is 0 Å². The van der Waals surface area contributed by atoms with Gasteiger partial charge in [-0.3, -0.25) is 41.2 Å². The first-order valence-electron chi connectivity index (χ1n) is 1.85. The van der Waals surface area contributed by atoms with Gasteiger partial charge >= 0.3 is 52.6 Å². The van der Waals surface area contributed by atoms with Gasteiger partial charge in [0.2, 0.25) is 0 Å². The largest absolute Gasteiger partial charge is 2.00 e. The molecule has 0 amide bonds. The number of hydrogen-bond donors (Lipinski definition) is 0. The molecule has 0 aliphatic rings. The molecule has 0 rings (SSSR count). The van der Waals surface area contributed by atoms with Crippen LogP contribution in [-0.4, -0.2) is 23.1 Å². The molecule has 0 spiro atoms. The van der Waals surface area contributed by atoms with Crippen molar-refractivity contribution in [1.82, 2.24) is 0 Å². The normalized spacial score (nSPS) is 10.6. The first-order valence-corrected chi connectivity index (χ1v) is 12.4. The van der Waals surface area contributed by atoms with Gasteiger partial charge in [0.05, 0.1) is 0 Å². The molecule has 17 heavy (non-hydrogen) atoms. The summed E-state index contributed by atoms with van der Waals surface area (Å²) in [4.78, 5) is 0. The molecule has 0 aliphatic carbocycles. The zero-order valence-corrected chi connectivity index (χ0v) is 17.6. The van der Waals surface area contributed by atoms with Crippen LogP contribution >= 0.6 is 0 Å². The molecular formula is I3MgNaO12. The van der Waals surface area contributed by atoms with Gasteiger partial charge in [0.1, 0.15) is 60.3 Å². The van der Waals surface area contributed by atoms with Crippen molar-refractivity contribution in [2.24, 2.45) is 0 Å². The molecule has 0 aromatic carbocycles. The minimum atomic E-state index is -5.94. The summed E-state index contributed by atoms with van der Waals surface area (Å²) in [5, 5.41) is 0. The predicted molar refractivity (Wildman–Crippen MR) is 5.75 cm³/mol. The summed E-state index contributed by atoms with van der Waals surface area (Å²) in [5.41, 5.74) is 0. The Hall–Kier alpha value is 3.48. The fraction of sp³-hybridized carbons (Fsp3) is 0. The molecule has 0 saturated heterocycles. The molecule has 0 fully saturated rings. The Balaban J connectivity index is -0.0000000400. The maximum atomic E-state index is 8.62. The molecule has 96 valence electrons. The summed E-state index contributed by atoms with van der Waals surface area (Å²) >= 11 is -17.8. The van der Waals surface area contributed by atoms with E-state index >= 15 is 0 Å². The predicted octanol–water partition coefficient (Wildman–Crippen LogP) is -26.6. The van der Waals surface area contributed by atoms with E-state index in [1.807, 2.05) is 0 Å². The van der Waals surface area contributed by atoms with Gasteiger partial charge < -0.3 is 0 Å². The Labute approximate surface area is 151 Å². The molecule has 12 nitrogen and oxygen atoms in total. The molecule has 0 unspecified atom stereocenters. The van der Waals surface area contributed by atoms with Gasteiger partial charge in [0.25, 0.3) is 0 Å². The van der Waals surface area contributed by atoms with Gasteiger partial charge in [-0.1, -0.05) is 0 Å². The molecule has 0 saturated carbocycles. The van der Waals surface area contributed by atoms with Gasteiger partial charge in [-0.15, -0.1) is 0 Å². The average molecular weight is 620 g/mol. The van der Waals surface area contributed by atoms with Crippen molar-refractivity contribution >= 4 is 23.1 Å². The fourth-order valence-electron chi connectivity index (χ4n) is 0. The van der Waals surface area contributed by atoms with Crippen LogP contribution in [0, 0.1) is 0 Å². The Morgan fingerprint density at radius 1 is 0.353 bits per heavy atom. The van der Waals surface area contributed by atoms with E-state index in [1.165, 1.54) is 0 Å². The summed E-state index contributed by atoms with van der Waals surface area (Å²) in [6.07, 6.45) is 0. The molecule has 0 heterocycles. The van der Waals surface area contributed by atoms with E-state index in [4.69, 9.17) is 41.2 Å². The third-order valence-corrected chi connectivity index (χ3v) is 0. The molecule has 0 aromatic heterocycles. The summed E-state index contributed by atoms with van der Waals surface area (Å²) in [5.74, 6) is 0. The summed E-state index contributed by atoms with van der Waals surface area (Å²) in [7, 11) is 0. The third-order valence-electron chi connectivity index (χ3n) is 0. The molecule has 0 aliphatic heterocycles. The van der Waals surface area contributed by atoms with Crippen LogP contribution in [0.4, 0.5) is 0 Å². The first kappa shape index (κ1) is 32.4. The van der Waals surface area contributed by atoms with Crippen molar-refractivity contribution in [2.75, 3.05) is 0 Å². The number of rotatable bonds is 0. The Kier molecular flexibility index (Phi) is 27.5. The second-order valence-corrected chi connectivity index (χ2v) is 7.61. The monoisotopic (exact) mass is 620 g/mol. The van der Waals surface area contributed by atoms with Crippen LogP contribution in [-0.2, 0) is 0 Å². The van der Waals surface area contributed by atoms with Crippen LogP contribution in [0.25, 0.3) is 0 Å². The van der Waals surface area contributed by atoms with Crippen LogP contribution < -0.4 is 131 Å². The smallest absolute Gasteiger partial charge is 0.286 e. The van der Waals surface area contributed by atoms with E-state index in [0.29, 0.717) is 0 Å². The first-order chi connectivity index (χ1) is 6.00. The maximum absolute atomic E-state index is 8.62. The van der Waals surface area contributed by atoms with Gasteiger partial charge in [0, 0.05) is 0 Å². The van der Waals surface area contributed by atoms with Crippen LogP contribution in [0.1, 0.15) is 0 Å². The van der Waals surface area contributed by atoms with Gasteiger partial charge in [-0.05, 0) is 0 Å². The molecule has 0 bridgehead atoms. The Morgan fingerprint density at radius 3 is 0.353 bits per heavy atom. The van der Waals surface area contributed by atoms with Crippen LogP contribution in [0.3, 0.4) is 0 Å². The standard InChI is InChI=1S/3IO4.Mg.Na/c3*2-1(3,4)5;;/q3*-1;+2;+1. The van der Waals surface area contributed by atoms with Crippen LogP contribution in [0.15, 0.2) is 0 Å². The van der Waals surface area contributed by atoms with E-state index in [9.17, 15) is 0 Å². The van der Waals surface area contributed by atoms with E-state index in [2.05, 4.69) is 0 Å². The third kappa shape index (κ3) is 492. The zero-order valence-electron chi connectivity index (χ0n) is 7.74. The maximum Gasteiger partial charge on any atom is 2.00 e. The summed E-state index contributed by atoms with van der Waals surface area (Å²) in [6, 6.07) is 0. The SMILES string of the molecule is [Mg+2].[Na+].[O-][I+3]([O-])([O-])[O-].[O-][I+3]([O-])([O-])[O-].[O-][I+3]([O-])([O-])[O-]. The van der Waals surface area contributed by atoms with Crippen LogP contribution in [0.2, 0.25) is 0 Å². The van der Waals surface area contributed by atoms with Crippen LogP contribution in [0.5, 0.6) is 0 Å². The zero-order chi connectivity index (χ0) is 13.5. The van der Waals surface area contributed by atoms with E-state index < -0.39 is 60.3 Å². The van der Waals surface area contributed by atoms with Gasteiger partial charge in [0.15, 0.2) is 0 Å². The van der Waals surface area contributed by atoms with E-state index in [1.54, 1.807) is 0 Å².